The molecule has 0 saturated carbocycles. The molecule has 0 spiro atoms. The van der Waals surface area contributed by atoms with Gasteiger partial charge in [0.2, 0.25) is 0 Å². The molecule has 0 unspecified atom stereocenters. The van der Waals surface area contributed by atoms with Crippen LogP contribution in [0.4, 0.5) is 4.39 Å². The van der Waals surface area contributed by atoms with Crippen molar-refractivity contribution in [3.63, 3.8) is 0 Å². The van der Waals surface area contributed by atoms with E-state index in [4.69, 9.17) is 4.52 Å². The first-order valence-corrected chi connectivity index (χ1v) is 4.76. The van der Waals surface area contributed by atoms with Crippen LogP contribution >= 0.6 is 0 Å². The van der Waals surface area contributed by atoms with Gasteiger partial charge >= 0.3 is 0 Å². The molecule has 1 aromatic carbocycles. The van der Waals surface area contributed by atoms with Crippen LogP contribution in [0.2, 0.25) is 0 Å². The fourth-order valence-electron chi connectivity index (χ4n) is 1.21. The molecular weight excluding hydrogens is 195 g/mol. The summed E-state index contributed by atoms with van der Waals surface area (Å²) in [7, 11) is 0. The van der Waals surface area contributed by atoms with Gasteiger partial charge in [-0.05, 0) is 18.2 Å². The molecule has 0 amide bonds. The highest BCUT2D eigenvalue weighted by atomic mass is 19.1. The Labute approximate surface area is 86.9 Å². The van der Waals surface area contributed by atoms with E-state index < -0.39 is 0 Å². The molecule has 4 heteroatoms. The number of aromatic nitrogens is 2. The van der Waals surface area contributed by atoms with Gasteiger partial charge in [-0.3, -0.25) is 0 Å². The van der Waals surface area contributed by atoms with E-state index in [2.05, 4.69) is 10.1 Å². The van der Waals surface area contributed by atoms with Crippen LogP contribution in [0.25, 0.3) is 11.5 Å². The minimum Gasteiger partial charge on any atom is -0.334 e. The molecule has 3 nitrogen and oxygen atoms in total. The monoisotopic (exact) mass is 206 g/mol. The van der Waals surface area contributed by atoms with Crippen LogP contribution in [0.15, 0.2) is 28.8 Å². The van der Waals surface area contributed by atoms with Gasteiger partial charge in [0.05, 0.1) is 0 Å². The molecule has 0 N–H and O–H groups in total. The number of benzene rings is 1. The van der Waals surface area contributed by atoms with Crippen molar-refractivity contribution in [2.45, 2.75) is 19.8 Å². The Kier molecular flexibility index (Phi) is 2.49. The van der Waals surface area contributed by atoms with Crippen molar-refractivity contribution in [1.29, 1.82) is 0 Å². The van der Waals surface area contributed by atoms with Crippen LogP contribution < -0.4 is 0 Å². The first-order chi connectivity index (χ1) is 7.16. The maximum Gasteiger partial charge on any atom is 0.258 e. The van der Waals surface area contributed by atoms with E-state index in [9.17, 15) is 4.39 Å². The maximum absolute atomic E-state index is 12.9. The van der Waals surface area contributed by atoms with Gasteiger partial charge in [-0.25, -0.2) is 4.39 Å². The van der Waals surface area contributed by atoms with Crippen molar-refractivity contribution in [1.82, 2.24) is 10.1 Å². The first kappa shape index (κ1) is 9.83. The summed E-state index contributed by atoms with van der Waals surface area (Å²) in [5.41, 5.74) is 0.606. The van der Waals surface area contributed by atoms with Crippen molar-refractivity contribution in [2.75, 3.05) is 0 Å². The van der Waals surface area contributed by atoms with Crippen molar-refractivity contribution < 1.29 is 8.91 Å². The second-order valence-corrected chi connectivity index (χ2v) is 3.62. The molecule has 15 heavy (non-hydrogen) atoms. The molecule has 0 aliphatic heterocycles. The van der Waals surface area contributed by atoms with Gasteiger partial charge in [-0.15, -0.1) is 0 Å². The average molecular weight is 206 g/mol. The molecule has 78 valence electrons. The third kappa shape index (κ3) is 2.03. The van der Waals surface area contributed by atoms with E-state index in [1.807, 2.05) is 13.8 Å². The quantitative estimate of drug-likeness (QED) is 0.758. The lowest BCUT2D eigenvalue weighted by molar-refractivity contribution is 0.419. The Morgan fingerprint density at radius 2 is 2.13 bits per heavy atom. The minimum absolute atomic E-state index is 0.205. The normalized spacial score (nSPS) is 10.9. The van der Waals surface area contributed by atoms with E-state index in [-0.39, 0.29) is 11.7 Å². The Balaban J connectivity index is 2.37. The summed E-state index contributed by atoms with van der Waals surface area (Å²) in [6, 6.07) is 6.10. The lowest BCUT2D eigenvalue weighted by atomic mass is 10.2. The van der Waals surface area contributed by atoms with Crippen molar-refractivity contribution in [3.05, 3.63) is 35.9 Å². The highest BCUT2D eigenvalue weighted by molar-refractivity contribution is 5.52. The molecule has 0 bridgehead atoms. The summed E-state index contributed by atoms with van der Waals surface area (Å²) in [6.07, 6.45) is 0. The Morgan fingerprint density at radius 1 is 1.33 bits per heavy atom. The summed E-state index contributed by atoms with van der Waals surface area (Å²) in [6.45, 7) is 3.94. The third-order valence-electron chi connectivity index (χ3n) is 2.03. The molecule has 0 saturated heterocycles. The molecular formula is C11H11FN2O. The zero-order valence-corrected chi connectivity index (χ0v) is 8.57. The summed E-state index contributed by atoms with van der Waals surface area (Å²) in [4.78, 5) is 4.18. The van der Waals surface area contributed by atoms with Crippen LogP contribution in [0.1, 0.15) is 25.6 Å². The van der Waals surface area contributed by atoms with Crippen molar-refractivity contribution in [2.24, 2.45) is 0 Å². The number of rotatable bonds is 2. The number of hydrogen-bond acceptors (Lipinski definition) is 3. The zero-order chi connectivity index (χ0) is 10.8. The van der Waals surface area contributed by atoms with Crippen LogP contribution in [-0.2, 0) is 0 Å². The fraction of sp³-hybridized carbons (Fsp3) is 0.273. The van der Waals surface area contributed by atoms with Crippen LogP contribution in [-0.4, -0.2) is 10.1 Å². The van der Waals surface area contributed by atoms with E-state index in [0.717, 1.165) is 0 Å². The number of halogens is 1. The van der Waals surface area contributed by atoms with Crippen LogP contribution in [0.5, 0.6) is 0 Å². The Bertz CT molecular complexity index is 465. The zero-order valence-electron chi connectivity index (χ0n) is 8.57. The molecule has 0 aliphatic rings. The molecule has 0 fully saturated rings. The second kappa shape index (κ2) is 3.81. The summed E-state index contributed by atoms with van der Waals surface area (Å²) in [5.74, 6) is 0.889. The molecule has 0 radical (unpaired) electrons. The van der Waals surface area contributed by atoms with E-state index in [1.54, 1.807) is 12.1 Å². The van der Waals surface area contributed by atoms with Gasteiger partial charge in [0.15, 0.2) is 5.82 Å². The van der Waals surface area contributed by atoms with Gasteiger partial charge in [0.25, 0.3) is 5.89 Å². The van der Waals surface area contributed by atoms with Crippen molar-refractivity contribution >= 4 is 0 Å². The first-order valence-electron chi connectivity index (χ1n) is 4.76. The van der Waals surface area contributed by atoms with Gasteiger partial charge < -0.3 is 4.52 Å². The third-order valence-corrected chi connectivity index (χ3v) is 2.03. The van der Waals surface area contributed by atoms with Gasteiger partial charge in [-0.2, -0.15) is 4.98 Å². The summed E-state index contributed by atoms with van der Waals surface area (Å²) in [5, 5.41) is 3.81. The molecule has 1 aromatic heterocycles. The van der Waals surface area contributed by atoms with Crippen molar-refractivity contribution in [3.8, 4) is 11.5 Å². The standard InChI is InChI=1S/C11H11FN2O/c1-7(2)10-13-11(15-14-10)8-4-3-5-9(12)6-8/h3-7H,1-2H3. The lowest BCUT2D eigenvalue weighted by Crippen LogP contribution is -1.89. The Morgan fingerprint density at radius 3 is 2.73 bits per heavy atom. The number of nitrogens with zero attached hydrogens (tertiary/aromatic N) is 2. The molecule has 0 aliphatic carbocycles. The average Bonchev–Trinajstić information content (AvgIpc) is 2.66. The van der Waals surface area contributed by atoms with E-state index in [1.165, 1.54) is 12.1 Å². The molecule has 2 aromatic rings. The van der Waals surface area contributed by atoms with Crippen LogP contribution in [0, 0.1) is 5.82 Å². The highest BCUT2D eigenvalue weighted by Crippen LogP contribution is 2.20. The van der Waals surface area contributed by atoms with E-state index in [0.29, 0.717) is 17.3 Å². The summed E-state index contributed by atoms with van der Waals surface area (Å²) < 4.78 is 18.0. The predicted octanol–water partition coefficient (Wildman–Crippen LogP) is 3.00. The maximum atomic E-state index is 12.9. The van der Waals surface area contributed by atoms with Gasteiger partial charge in [0, 0.05) is 11.5 Å². The van der Waals surface area contributed by atoms with Crippen LogP contribution in [0.3, 0.4) is 0 Å². The van der Waals surface area contributed by atoms with Gasteiger partial charge in [0.1, 0.15) is 5.82 Å². The number of hydrogen-bond donors (Lipinski definition) is 0. The Hall–Kier alpha value is -1.71. The van der Waals surface area contributed by atoms with Gasteiger partial charge in [-0.1, -0.05) is 25.1 Å². The predicted molar refractivity (Wildman–Crippen MR) is 53.8 cm³/mol. The minimum atomic E-state index is -0.309. The second-order valence-electron chi connectivity index (χ2n) is 3.62. The lowest BCUT2D eigenvalue weighted by Gasteiger charge is -1.94. The summed E-state index contributed by atoms with van der Waals surface area (Å²) >= 11 is 0. The fourth-order valence-corrected chi connectivity index (χ4v) is 1.21. The molecule has 0 atom stereocenters. The smallest absolute Gasteiger partial charge is 0.258 e. The topological polar surface area (TPSA) is 38.9 Å². The SMILES string of the molecule is CC(C)c1noc(-c2cccc(F)c2)n1. The largest absolute Gasteiger partial charge is 0.334 e. The highest BCUT2D eigenvalue weighted by Gasteiger charge is 2.11. The molecule has 1 heterocycles. The molecule has 2 rings (SSSR count). The van der Waals surface area contributed by atoms with E-state index >= 15 is 0 Å².